The van der Waals surface area contributed by atoms with Gasteiger partial charge in [0.2, 0.25) is 0 Å². The molecule has 0 radical (unpaired) electrons. The number of ether oxygens (including phenoxy) is 2. The number of carbonyl (C=O) groups excluding carboxylic acids is 2. The summed E-state index contributed by atoms with van der Waals surface area (Å²) in [5, 5.41) is 0. The summed E-state index contributed by atoms with van der Waals surface area (Å²) in [6.45, 7) is 3.60. The molecule has 0 aromatic rings. The summed E-state index contributed by atoms with van der Waals surface area (Å²) in [5.74, 6) is -0.853. The molecule has 0 saturated carbocycles. The molecule has 0 aliphatic carbocycles. The van der Waals surface area contributed by atoms with Crippen LogP contribution in [0.4, 0.5) is 0 Å². The molecule has 0 aromatic carbocycles. The van der Waals surface area contributed by atoms with Gasteiger partial charge in [-0.2, -0.15) is 0 Å². The van der Waals surface area contributed by atoms with Gasteiger partial charge in [-0.25, -0.2) is 4.57 Å². The van der Waals surface area contributed by atoms with Crippen molar-refractivity contribution in [1.82, 2.24) is 0 Å². The lowest BCUT2D eigenvalue weighted by Crippen LogP contribution is -2.29. The molecular weight excluding hydrogens is 882 g/mol. The van der Waals surface area contributed by atoms with Crippen molar-refractivity contribution in [2.24, 2.45) is 5.73 Å². The van der Waals surface area contributed by atoms with E-state index in [1.165, 1.54) is 77.0 Å². The standard InChI is InChI=1S/C59H100NO8P/c1-3-5-7-9-11-13-15-17-19-20-21-22-23-24-25-26-27-28-29-30-31-32-33-34-35-36-38-40-42-44-46-48-50-52-59(62)68-57(56-67-69(63,64)66-54-53-60)55-65-58(61)51-49-47-45-43-41-39-37-18-16-14-12-10-8-6-4-2/h5,7,11,13,17,19,21-22,24-25,27-28,30-31,33-34,36,38,57H,3-4,6,8-10,12,14-16,18,20,23,26,29,32,35,37,39-56,60H2,1-2H3,(H,63,64)/b7-5-,13-11-,19-17-,22-21-,25-24-,28-27-,31-30-,34-33-,38-36-. The number of esters is 2. The molecule has 10 heteroatoms. The van der Waals surface area contributed by atoms with Gasteiger partial charge in [0.25, 0.3) is 0 Å². The minimum atomic E-state index is -4.39. The highest BCUT2D eigenvalue weighted by Gasteiger charge is 2.26. The SMILES string of the molecule is CC/C=C\C/C=C\C/C=C\C/C=C\C/C=C\C/C=C\C/C=C\C/C=C\C/C=C\CCCCCCCC(=O)OC(COC(=O)CCCCCCCCCCCCCCCCC)COP(=O)(O)OCCN. The second-order valence-corrected chi connectivity index (χ2v) is 19.2. The molecule has 0 aromatic heterocycles. The maximum absolute atomic E-state index is 12.7. The van der Waals surface area contributed by atoms with E-state index in [9.17, 15) is 19.0 Å². The van der Waals surface area contributed by atoms with E-state index in [0.717, 1.165) is 109 Å². The second-order valence-electron chi connectivity index (χ2n) is 17.7. The molecule has 0 aliphatic heterocycles. The Labute approximate surface area is 422 Å². The maximum atomic E-state index is 12.7. The van der Waals surface area contributed by atoms with E-state index in [1.54, 1.807) is 0 Å². The highest BCUT2D eigenvalue weighted by Crippen LogP contribution is 2.43. The van der Waals surface area contributed by atoms with Gasteiger partial charge in [0, 0.05) is 19.4 Å². The molecule has 394 valence electrons. The molecule has 0 fully saturated rings. The van der Waals surface area contributed by atoms with Crippen LogP contribution in [0, 0.1) is 0 Å². The van der Waals surface area contributed by atoms with Crippen LogP contribution < -0.4 is 5.73 Å². The minimum Gasteiger partial charge on any atom is -0.462 e. The first kappa shape index (κ1) is 65.7. The lowest BCUT2D eigenvalue weighted by Gasteiger charge is -2.19. The smallest absolute Gasteiger partial charge is 0.462 e. The van der Waals surface area contributed by atoms with Gasteiger partial charge in [-0.05, 0) is 83.5 Å². The Hall–Kier alpha value is -3.33. The third-order valence-electron chi connectivity index (χ3n) is 11.2. The molecule has 9 nitrogen and oxygen atoms in total. The van der Waals surface area contributed by atoms with E-state index < -0.39 is 26.5 Å². The highest BCUT2D eigenvalue weighted by molar-refractivity contribution is 7.47. The van der Waals surface area contributed by atoms with E-state index in [0.29, 0.717) is 6.42 Å². The molecule has 3 N–H and O–H groups in total. The van der Waals surface area contributed by atoms with Crippen molar-refractivity contribution in [2.75, 3.05) is 26.4 Å². The summed E-state index contributed by atoms with van der Waals surface area (Å²) >= 11 is 0. The second kappa shape index (κ2) is 54.0. The molecule has 0 amide bonds. The fraction of sp³-hybridized carbons (Fsp3) is 0.661. The number of carbonyl (C=O) groups is 2. The molecule has 0 rings (SSSR count). The third-order valence-corrected chi connectivity index (χ3v) is 12.2. The largest absolute Gasteiger partial charge is 0.472 e. The molecule has 0 saturated heterocycles. The van der Waals surface area contributed by atoms with Crippen molar-refractivity contribution >= 4 is 19.8 Å². The molecular formula is C59H100NO8P. The number of rotatable bonds is 50. The average Bonchev–Trinajstić information content (AvgIpc) is 3.34. The van der Waals surface area contributed by atoms with Gasteiger partial charge in [0.05, 0.1) is 13.2 Å². The monoisotopic (exact) mass is 982 g/mol. The fourth-order valence-corrected chi connectivity index (χ4v) is 7.92. The van der Waals surface area contributed by atoms with Crippen molar-refractivity contribution in [3.63, 3.8) is 0 Å². The van der Waals surface area contributed by atoms with Crippen molar-refractivity contribution < 1.29 is 37.6 Å². The number of hydrogen-bond donors (Lipinski definition) is 2. The van der Waals surface area contributed by atoms with Crippen LogP contribution in [0.5, 0.6) is 0 Å². The summed E-state index contributed by atoms with van der Waals surface area (Å²) < 4.78 is 32.9. The van der Waals surface area contributed by atoms with Gasteiger partial charge in [0.1, 0.15) is 6.61 Å². The summed E-state index contributed by atoms with van der Waals surface area (Å²) in [7, 11) is -4.39. The van der Waals surface area contributed by atoms with E-state index in [2.05, 4.69) is 123 Å². The van der Waals surface area contributed by atoms with Gasteiger partial charge in [-0.15, -0.1) is 0 Å². The van der Waals surface area contributed by atoms with Crippen molar-refractivity contribution in [1.29, 1.82) is 0 Å². The highest BCUT2D eigenvalue weighted by atomic mass is 31.2. The molecule has 2 atom stereocenters. The molecule has 0 spiro atoms. The van der Waals surface area contributed by atoms with Crippen molar-refractivity contribution in [3.8, 4) is 0 Å². The zero-order chi connectivity index (χ0) is 50.2. The van der Waals surface area contributed by atoms with Crippen molar-refractivity contribution in [3.05, 3.63) is 109 Å². The topological polar surface area (TPSA) is 134 Å². The van der Waals surface area contributed by atoms with Crippen LogP contribution in [0.25, 0.3) is 0 Å². The normalized spacial score (nSPS) is 14.0. The van der Waals surface area contributed by atoms with E-state index in [1.807, 2.05) is 0 Å². The van der Waals surface area contributed by atoms with Crippen LogP contribution in [0.15, 0.2) is 109 Å². The number of phosphoric acid groups is 1. The lowest BCUT2D eigenvalue weighted by molar-refractivity contribution is -0.161. The number of phosphoric ester groups is 1. The lowest BCUT2D eigenvalue weighted by atomic mass is 10.0. The van der Waals surface area contributed by atoms with Crippen LogP contribution in [-0.2, 0) is 32.7 Å². The van der Waals surface area contributed by atoms with E-state index in [4.69, 9.17) is 24.3 Å². The Morgan fingerprint density at radius 1 is 0.449 bits per heavy atom. The predicted octanol–water partition coefficient (Wildman–Crippen LogP) is 17.1. The number of nitrogens with two attached hydrogens (primary N) is 1. The molecule has 69 heavy (non-hydrogen) atoms. The summed E-state index contributed by atoms with van der Waals surface area (Å²) in [6.07, 6.45) is 72.8. The van der Waals surface area contributed by atoms with Crippen LogP contribution in [-0.4, -0.2) is 49.3 Å². The summed E-state index contributed by atoms with van der Waals surface area (Å²) in [5.41, 5.74) is 5.37. The van der Waals surface area contributed by atoms with Crippen LogP contribution in [0.3, 0.4) is 0 Å². The molecule has 0 bridgehead atoms. The van der Waals surface area contributed by atoms with Gasteiger partial charge < -0.3 is 20.1 Å². The first-order valence-corrected chi connectivity index (χ1v) is 28.9. The van der Waals surface area contributed by atoms with Crippen LogP contribution in [0.1, 0.15) is 219 Å². The summed E-state index contributed by atoms with van der Waals surface area (Å²) in [4.78, 5) is 35.1. The average molecular weight is 982 g/mol. The summed E-state index contributed by atoms with van der Waals surface area (Å²) in [6, 6.07) is 0. The quantitative estimate of drug-likeness (QED) is 0.0264. The first-order valence-electron chi connectivity index (χ1n) is 27.4. The molecule has 2 unspecified atom stereocenters. The van der Waals surface area contributed by atoms with Crippen LogP contribution >= 0.6 is 7.82 Å². The van der Waals surface area contributed by atoms with E-state index >= 15 is 0 Å². The number of unbranched alkanes of at least 4 members (excludes halogenated alkanes) is 19. The predicted molar refractivity (Wildman–Crippen MR) is 293 cm³/mol. The maximum Gasteiger partial charge on any atom is 0.472 e. The minimum absolute atomic E-state index is 0.0455. The Morgan fingerprint density at radius 3 is 1.19 bits per heavy atom. The molecule has 0 aliphatic rings. The Kier molecular flexibility index (Phi) is 51.4. The zero-order valence-electron chi connectivity index (χ0n) is 43.8. The Bertz CT molecular complexity index is 1490. The zero-order valence-corrected chi connectivity index (χ0v) is 44.6. The van der Waals surface area contributed by atoms with E-state index in [-0.39, 0.29) is 38.6 Å². The van der Waals surface area contributed by atoms with Crippen LogP contribution in [0.2, 0.25) is 0 Å². The first-order chi connectivity index (χ1) is 33.8. The Balaban J connectivity index is 4.08. The fourth-order valence-electron chi connectivity index (χ4n) is 7.16. The molecule has 0 heterocycles. The number of hydrogen-bond acceptors (Lipinski definition) is 8. The third kappa shape index (κ3) is 53.9. The number of allylic oxidation sites excluding steroid dienone is 18. The van der Waals surface area contributed by atoms with Gasteiger partial charge in [0.15, 0.2) is 6.10 Å². The van der Waals surface area contributed by atoms with Crippen molar-refractivity contribution in [2.45, 2.75) is 225 Å². The van der Waals surface area contributed by atoms with Gasteiger partial charge in [-0.1, -0.05) is 232 Å². The Morgan fingerprint density at radius 2 is 0.797 bits per heavy atom. The van der Waals surface area contributed by atoms with Gasteiger partial charge in [-0.3, -0.25) is 18.6 Å². The van der Waals surface area contributed by atoms with Gasteiger partial charge >= 0.3 is 19.8 Å².